The summed E-state index contributed by atoms with van der Waals surface area (Å²) in [6.07, 6.45) is -0.849. The molecule has 1 saturated heterocycles. The maximum absolute atomic E-state index is 13.0. The van der Waals surface area contributed by atoms with Gasteiger partial charge in [0, 0.05) is 31.9 Å². The monoisotopic (exact) mass is 493 g/mol. The average molecular weight is 494 g/mol. The Morgan fingerprint density at radius 3 is 2.06 bits per heavy atom. The van der Waals surface area contributed by atoms with Crippen molar-refractivity contribution < 1.29 is 22.7 Å². The Labute approximate surface area is 205 Å². The zero-order chi connectivity index (χ0) is 24.8. The molecule has 1 unspecified atom stereocenters. The molecule has 4 rings (SSSR count). The second kappa shape index (κ2) is 10.7. The first-order valence-electron chi connectivity index (χ1n) is 11.3. The fourth-order valence-electron chi connectivity index (χ4n) is 3.87. The fraction of sp³-hybridized carbons (Fsp3) is 0.231. The van der Waals surface area contributed by atoms with Gasteiger partial charge in [0.2, 0.25) is 10.0 Å². The van der Waals surface area contributed by atoms with Gasteiger partial charge in [0.05, 0.1) is 10.5 Å². The van der Waals surface area contributed by atoms with Crippen molar-refractivity contribution in [1.82, 2.24) is 9.21 Å². The average Bonchev–Trinajstić information content (AvgIpc) is 2.89. The molecule has 1 atom stereocenters. The number of carbonyl (C=O) groups excluding carboxylic acids is 2. The van der Waals surface area contributed by atoms with Gasteiger partial charge >= 0.3 is 0 Å². The Morgan fingerprint density at radius 2 is 1.40 bits per heavy atom. The van der Waals surface area contributed by atoms with Crippen molar-refractivity contribution in [3.8, 4) is 5.75 Å². The van der Waals surface area contributed by atoms with Crippen molar-refractivity contribution in [2.24, 2.45) is 0 Å². The lowest BCUT2D eigenvalue weighted by Gasteiger charge is -2.35. The highest BCUT2D eigenvalue weighted by atomic mass is 32.2. The van der Waals surface area contributed by atoms with E-state index < -0.39 is 16.1 Å². The molecule has 0 aromatic heterocycles. The van der Waals surface area contributed by atoms with Crippen LogP contribution in [-0.2, 0) is 14.8 Å². The van der Waals surface area contributed by atoms with Crippen LogP contribution >= 0.6 is 0 Å². The third-order valence-electron chi connectivity index (χ3n) is 5.75. The largest absolute Gasteiger partial charge is 0.480 e. The molecule has 1 aliphatic rings. The lowest BCUT2D eigenvalue weighted by Crippen LogP contribution is -2.53. The van der Waals surface area contributed by atoms with Crippen LogP contribution in [0.4, 0.5) is 5.69 Å². The van der Waals surface area contributed by atoms with Crippen LogP contribution in [0.25, 0.3) is 0 Å². The molecule has 0 radical (unpaired) electrons. The van der Waals surface area contributed by atoms with Crippen LogP contribution in [0.5, 0.6) is 5.75 Å². The summed E-state index contributed by atoms with van der Waals surface area (Å²) in [5, 5.41) is 2.82. The van der Waals surface area contributed by atoms with Gasteiger partial charge < -0.3 is 15.0 Å². The van der Waals surface area contributed by atoms with Crippen LogP contribution in [0, 0.1) is 0 Å². The molecule has 3 aromatic rings. The Bertz CT molecular complexity index is 1270. The maximum atomic E-state index is 13.0. The summed E-state index contributed by atoms with van der Waals surface area (Å²) >= 11 is 0. The van der Waals surface area contributed by atoms with Gasteiger partial charge in [-0.15, -0.1) is 0 Å². The number of piperazine rings is 1. The first kappa shape index (κ1) is 24.4. The van der Waals surface area contributed by atoms with Gasteiger partial charge in [0.15, 0.2) is 6.10 Å². The minimum absolute atomic E-state index is 0.200. The smallest absolute Gasteiger partial charge is 0.263 e. The third-order valence-corrected chi connectivity index (χ3v) is 7.66. The molecule has 0 bridgehead atoms. The van der Waals surface area contributed by atoms with E-state index in [-0.39, 0.29) is 42.9 Å². The number of ether oxygens (including phenoxy) is 1. The highest BCUT2D eigenvalue weighted by molar-refractivity contribution is 7.89. The summed E-state index contributed by atoms with van der Waals surface area (Å²) in [6, 6.07) is 24.1. The van der Waals surface area contributed by atoms with E-state index >= 15 is 0 Å². The summed E-state index contributed by atoms with van der Waals surface area (Å²) in [4.78, 5) is 27.6. The Kier molecular flexibility index (Phi) is 7.48. The molecule has 1 N–H and O–H groups in total. The number of nitrogens with one attached hydrogen (secondary N) is 1. The van der Waals surface area contributed by atoms with Crippen molar-refractivity contribution in [2.75, 3.05) is 31.5 Å². The zero-order valence-electron chi connectivity index (χ0n) is 19.3. The number of sulfonamides is 1. The number of benzene rings is 3. The van der Waals surface area contributed by atoms with Crippen LogP contribution in [0.15, 0.2) is 89.8 Å². The summed E-state index contributed by atoms with van der Waals surface area (Å²) in [5.41, 5.74) is 0.967. The van der Waals surface area contributed by atoms with Gasteiger partial charge in [0.25, 0.3) is 11.8 Å². The molecule has 2 amide bonds. The molecule has 0 saturated carbocycles. The lowest BCUT2D eigenvalue weighted by atomic mass is 10.1. The minimum atomic E-state index is -3.60. The van der Waals surface area contributed by atoms with E-state index in [4.69, 9.17) is 4.74 Å². The van der Waals surface area contributed by atoms with E-state index in [0.29, 0.717) is 17.0 Å². The zero-order valence-corrected chi connectivity index (χ0v) is 20.1. The minimum Gasteiger partial charge on any atom is -0.480 e. The number of anilines is 1. The normalized spacial score (nSPS) is 15.3. The summed E-state index contributed by atoms with van der Waals surface area (Å²) in [5.74, 6) is -0.307. The highest BCUT2D eigenvalue weighted by Crippen LogP contribution is 2.22. The van der Waals surface area contributed by atoms with Gasteiger partial charge in [0.1, 0.15) is 5.75 Å². The van der Waals surface area contributed by atoms with E-state index in [2.05, 4.69) is 5.32 Å². The van der Waals surface area contributed by atoms with Crippen molar-refractivity contribution in [1.29, 1.82) is 0 Å². The molecule has 182 valence electrons. The SMILES string of the molecule is CC(Oc1ccccc1C(=O)Nc1ccccc1)C(=O)N1CCN(S(=O)(=O)c2ccccc2)CC1. The van der Waals surface area contributed by atoms with Gasteiger partial charge in [-0.05, 0) is 43.3 Å². The Balaban J connectivity index is 1.38. The molecule has 0 aliphatic carbocycles. The molecule has 35 heavy (non-hydrogen) atoms. The van der Waals surface area contributed by atoms with E-state index in [1.165, 1.54) is 4.31 Å². The molecule has 8 nitrogen and oxygen atoms in total. The van der Waals surface area contributed by atoms with E-state index in [0.717, 1.165) is 0 Å². The molecule has 1 aliphatic heterocycles. The van der Waals surface area contributed by atoms with Crippen molar-refractivity contribution in [2.45, 2.75) is 17.9 Å². The van der Waals surface area contributed by atoms with Crippen LogP contribution in [0.3, 0.4) is 0 Å². The Hall–Kier alpha value is -3.69. The standard InChI is InChI=1S/C26H27N3O5S/c1-20(34-24-15-9-8-14-23(24)25(30)27-21-10-4-2-5-11-21)26(31)28-16-18-29(19-17-28)35(32,33)22-12-6-3-7-13-22/h2-15,20H,16-19H2,1H3,(H,27,30). The molecular formula is C26H27N3O5S. The van der Waals surface area contributed by atoms with E-state index in [9.17, 15) is 18.0 Å². The number of amides is 2. The molecule has 3 aromatic carbocycles. The molecular weight excluding hydrogens is 466 g/mol. The van der Waals surface area contributed by atoms with Gasteiger partial charge in [-0.1, -0.05) is 48.5 Å². The first-order chi connectivity index (χ1) is 16.9. The van der Waals surface area contributed by atoms with Crippen LogP contribution < -0.4 is 10.1 Å². The molecule has 1 heterocycles. The summed E-state index contributed by atoms with van der Waals surface area (Å²) in [7, 11) is -3.60. The van der Waals surface area contributed by atoms with Crippen LogP contribution in [0.1, 0.15) is 17.3 Å². The van der Waals surface area contributed by atoms with Gasteiger partial charge in [-0.25, -0.2) is 8.42 Å². The first-order valence-corrected chi connectivity index (χ1v) is 12.8. The van der Waals surface area contributed by atoms with Crippen LogP contribution in [-0.4, -0.2) is 61.7 Å². The molecule has 0 spiro atoms. The Morgan fingerprint density at radius 1 is 0.829 bits per heavy atom. The fourth-order valence-corrected chi connectivity index (χ4v) is 5.31. The van der Waals surface area contributed by atoms with Crippen molar-refractivity contribution in [3.63, 3.8) is 0 Å². The van der Waals surface area contributed by atoms with E-state index in [1.54, 1.807) is 78.6 Å². The topological polar surface area (TPSA) is 96.0 Å². The number of carbonyl (C=O) groups is 2. The van der Waals surface area contributed by atoms with Gasteiger partial charge in [-0.3, -0.25) is 9.59 Å². The number of hydrogen-bond acceptors (Lipinski definition) is 5. The molecule has 9 heteroatoms. The number of nitrogens with zero attached hydrogens (tertiary/aromatic N) is 2. The highest BCUT2D eigenvalue weighted by Gasteiger charge is 2.32. The number of para-hydroxylation sites is 2. The third kappa shape index (κ3) is 5.70. The number of rotatable bonds is 7. The maximum Gasteiger partial charge on any atom is 0.263 e. The summed E-state index contributed by atoms with van der Waals surface area (Å²) in [6.45, 7) is 2.54. The second-order valence-electron chi connectivity index (χ2n) is 8.12. The van der Waals surface area contributed by atoms with Gasteiger partial charge in [-0.2, -0.15) is 4.31 Å². The predicted molar refractivity (Wildman–Crippen MR) is 133 cm³/mol. The number of hydrogen-bond donors (Lipinski definition) is 1. The lowest BCUT2D eigenvalue weighted by molar-refractivity contribution is -0.139. The van der Waals surface area contributed by atoms with Crippen molar-refractivity contribution >= 4 is 27.5 Å². The van der Waals surface area contributed by atoms with Crippen LogP contribution in [0.2, 0.25) is 0 Å². The van der Waals surface area contributed by atoms with E-state index in [1.807, 2.05) is 18.2 Å². The van der Waals surface area contributed by atoms with Crippen molar-refractivity contribution in [3.05, 3.63) is 90.5 Å². The summed E-state index contributed by atoms with van der Waals surface area (Å²) < 4.78 is 33.0. The molecule has 1 fully saturated rings. The quantitative estimate of drug-likeness (QED) is 0.545. The second-order valence-corrected chi connectivity index (χ2v) is 10.1. The predicted octanol–water partition coefficient (Wildman–Crippen LogP) is 3.24.